The molecule has 16 heavy (non-hydrogen) atoms. The fourth-order valence-corrected chi connectivity index (χ4v) is 1.73. The highest BCUT2D eigenvalue weighted by Gasteiger charge is 2.28. The topological polar surface area (TPSA) is 49.5 Å². The van der Waals surface area contributed by atoms with Gasteiger partial charge in [0.15, 0.2) is 0 Å². The van der Waals surface area contributed by atoms with Crippen molar-refractivity contribution in [1.82, 2.24) is 4.90 Å². The molecule has 0 aliphatic rings. The predicted molar refractivity (Wildman–Crippen MR) is 67.2 cm³/mol. The molecular formula is C13H22N2O. The minimum Gasteiger partial charge on any atom is -0.394 e. The largest absolute Gasteiger partial charge is 0.394 e. The zero-order valence-corrected chi connectivity index (χ0v) is 10.4. The summed E-state index contributed by atoms with van der Waals surface area (Å²) < 4.78 is 0. The summed E-state index contributed by atoms with van der Waals surface area (Å²) in [5.74, 6) is 0. The molecule has 0 saturated heterocycles. The van der Waals surface area contributed by atoms with E-state index in [4.69, 9.17) is 5.73 Å². The van der Waals surface area contributed by atoms with Crippen LogP contribution in [-0.2, 0) is 0 Å². The second-order valence-electron chi connectivity index (χ2n) is 4.74. The van der Waals surface area contributed by atoms with Gasteiger partial charge in [-0.2, -0.15) is 0 Å². The summed E-state index contributed by atoms with van der Waals surface area (Å²) in [5, 5.41) is 9.37. The standard InChI is InChI=1S/C13H22N2O/c1-13(2,10-16)15(3)12(9-14)11-7-5-4-6-8-11/h4-8,12,16H,9-10,14H2,1-3H3. The smallest absolute Gasteiger partial charge is 0.0610 e. The van der Waals surface area contributed by atoms with Crippen LogP contribution in [0.1, 0.15) is 25.5 Å². The highest BCUT2D eigenvalue weighted by Crippen LogP contribution is 2.25. The van der Waals surface area contributed by atoms with Crippen LogP contribution >= 0.6 is 0 Å². The van der Waals surface area contributed by atoms with Crippen molar-refractivity contribution in [3.8, 4) is 0 Å². The van der Waals surface area contributed by atoms with Gasteiger partial charge in [0.05, 0.1) is 6.61 Å². The lowest BCUT2D eigenvalue weighted by Gasteiger charge is -2.39. The Balaban J connectivity index is 2.91. The average Bonchev–Trinajstić information content (AvgIpc) is 2.31. The van der Waals surface area contributed by atoms with E-state index in [1.165, 1.54) is 5.56 Å². The third-order valence-electron chi connectivity index (χ3n) is 3.22. The quantitative estimate of drug-likeness (QED) is 0.791. The van der Waals surface area contributed by atoms with Gasteiger partial charge in [-0.15, -0.1) is 0 Å². The van der Waals surface area contributed by atoms with Gasteiger partial charge in [-0.25, -0.2) is 0 Å². The number of hydrogen-bond donors (Lipinski definition) is 2. The number of benzene rings is 1. The molecule has 0 radical (unpaired) electrons. The van der Waals surface area contributed by atoms with E-state index in [0.717, 1.165) is 0 Å². The van der Waals surface area contributed by atoms with Gasteiger partial charge < -0.3 is 10.8 Å². The minimum absolute atomic E-state index is 0.118. The molecule has 0 aliphatic heterocycles. The van der Waals surface area contributed by atoms with Crippen molar-refractivity contribution in [3.63, 3.8) is 0 Å². The van der Waals surface area contributed by atoms with E-state index in [2.05, 4.69) is 17.0 Å². The minimum atomic E-state index is -0.264. The second kappa shape index (κ2) is 5.43. The van der Waals surface area contributed by atoms with Crippen molar-refractivity contribution in [3.05, 3.63) is 35.9 Å². The number of hydrogen-bond acceptors (Lipinski definition) is 3. The van der Waals surface area contributed by atoms with E-state index >= 15 is 0 Å². The van der Waals surface area contributed by atoms with Crippen LogP contribution in [0.2, 0.25) is 0 Å². The van der Waals surface area contributed by atoms with Crippen LogP contribution < -0.4 is 5.73 Å². The van der Waals surface area contributed by atoms with E-state index in [9.17, 15) is 5.11 Å². The molecular weight excluding hydrogens is 200 g/mol. The van der Waals surface area contributed by atoms with Crippen LogP contribution in [0, 0.1) is 0 Å². The molecule has 0 aromatic heterocycles. The molecule has 0 amide bonds. The van der Waals surface area contributed by atoms with E-state index in [0.29, 0.717) is 6.54 Å². The maximum atomic E-state index is 9.37. The fraction of sp³-hybridized carbons (Fsp3) is 0.538. The zero-order valence-electron chi connectivity index (χ0n) is 10.4. The summed E-state index contributed by atoms with van der Waals surface area (Å²) in [4.78, 5) is 2.13. The first-order valence-corrected chi connectivity index (χ1v) is 5.61. The first-order chi connectivity index (χ1) is 7.53. The predicted octanol–water partition coefficient (Wildman–Crippen LogP) is 1.39. The summed E-state index contributed by atoms with van der Waals surface area (Å²) >= 11 is 0. The lowest BCUT2D eigenvalue weighted by atomic mass is 9.98. The van der Waals surface area contributed by atoms with Crippen molar-refractivity contribution in [2.24, 2.45) is 5.73 Å². The molecule has 0 aliphatic carbocycles. The second-order valence-corrected chi connectivity index (χ2v) is 4.74. The lowest BCUT2D eigenvalue weighted by Crippen LogP contribution is -2.48. The van der Waals surface area contributed by atoms with E-state index in [1.807, 2.05) is 39.1 Å². The summed E-state index contributed by atoms with van der Waals surface area (Å²) in [6.45, 7) is 4.69. The first-order valence-electron chi connectivity index (χ1n) is 5.61. The summed E-state index contributed by atoms with van der Waals surface area (Å²) in [7, 11) is 2.00. The van der Waals surface area contributed by atoms with Gasteiger partial charge in [-0.05, 0) is 26.5 Å². The third kappa shape index (κ3) is 2.82. The van der Waals surface area contributed by atoms with Crippen LogP contribution in [-0.4, -0.2) is 35.7 Å². The molecule has 1 rings (SSSR count). The number of nitrogens with zero attached hydrogens (tertiary/aromatic N) is 1. The fourth-order valence-electron chi connectivity index (χ4n) is 1.73. The van der Waals surface area contributed by atoms with Gasteiger partial charge in [-0.3, -0.25) is 4.90 Å². The van der Waals surface area contributed by atoms with Crippen LogP contribution in [0.5, 0.6) is 0 Å². The van der Waals surface area contributed by atoms with E-state index in [-0.39, 0.29) is 18.2 Å². The molecule has 3 N–H and O–H groups in total. The van der Waals surface area contributed by atoms with Crippen LogP contribution in [0.4, 0.5) is 0 Å². The Morgan fingerprint density at radius 3 is 2.31 bits per heavy atom. The number of likely N-dealkylation sites (N-methyl/N-ethyl adjacent to an activating group) is 1. The Morgan fingerprint density at radius 1 is 1.31 bits per heavy atom. The van der Waals surface area contributed by atoms with Crippen molar-refractivity contribution in [2.45, 2.75) is 25.4 Å². The lowest BCUT2D eigenvalue weighted by molar-refractivity contribution is 0.0470. The molecule has 0 fully saturated rings. The van der Waals surface area contributed by atoms with E-state index < -0.39 is 0 Å². The Labute approximate surface area is 97.9 Å². The van der Waals surface area contributed by atoms with Crippen molar-refractivity contribution >= 4 is 0 Å². The maximum absolute atomic E-state index is 9.37. The summed E-state index contributed by atoms with van der Waals surface area (Å²) in [6, 6.07) is 10.3. The number of aliphatic hydroxyl groups is 1. The van der Waals surface area contributed by atoms with Gasteiger partial charge in [0.1, 0.15) is 0 Å². The number of rotatable bonds is 5. The molecule has 0 bridgehead atoms. The molecule has 0 heterocycles. The Morgan fingerprint density at radius 2 is 1.88 bits per heavy atom. The molecule has 0 spiro atoms. The van der Waals surface area contributed by atoms with Crippen LogP contribution in [0.3, 0.4) is 0 Å². The summed E-state index contributed by atoms with van der Waals surface area (Å²) in [6.07, 6.45) is 0. The molecule has 3 heteroatoms. The van der Waals surface area contributed by atoms with Crippen molar-refractivity contribution in [1.29, 1.82) is 0 Å². The summed E-state index contributed by atoms with van der Waals surface area (Å²) in [5.41, 5.74) is 6.76. The molecule has 3 nitrogen and oxygen atoms in total. The first kappa shape index (κ1) is 13.2. The Bertz CT molecular complexity index is 311. The normalized spacial score (nSPS) is 14.1. The molecule has 0 saturated carbocycles. The van der Waals surface area contributed by atoms with E-state index in [1.54, 1.807) is 0 Å². The molecule has 1 aromatic rings. The van der Waals surface area contributed by atoms with Crippen LogP contribution in [0.15, 0.2) is 30.3 Å². The third-order valence-corrected chi connectivity index (χ3v) is 3.22. The highest BCUT2D eigenvalue weighted by atomic mass is 16.3. The van der Waals surface area contributed by atoms with Gasteiger partial charge >= 0.3 is 0 Å². The van der Waals surface area contributed by atoms with Gasteiger partial charge in [0.25, 0.3) is 0 Å². The number of nitrogens with two attached hydrogens (primary N) is 1. The highest BCUT2D eigenvalue weighted by molar-refractivity contribution is 5.19. The average molecular weight is 222 g/mol. The molecule has 1 atom stereocenters. The van der Waals surface area contributed by atoms with Crippen molar-refractivity contribution in [2.75, 3.05) is 20.2 Å². The number of aliphatic hydroxyl groups excluding tert-OH is 1. The van der Waals surface area contributed by atoms with Gasteiger partial charge in [0, 0.05) is 18.1 Å². The van der Waals surface area contributed by atoms with Crippen LogP contribution in [0.25, 0.3) is 0 Å². The molecule has 1 unspecified atom stereocenters. The zero-order chi connectivity index (χ0) is 12.2. The molecule has 1 aromatic carbocycles. The van der Waals surface area contributed by atoms with Gasteiger partial charge in [-0.1, -0.05) is 30.3 Å². The monoisotopic (exact) mass is 222 g/mol. The van der Waals surface area contributed by atoms with Gasteiger partial charge in [0.2, 0.25) is 0 Å². The molecule has 90 valence electrons. The Kier molecular flexibility index (Phi) is 4.47. The maximum Gasteiger partial charge on any atom is 0.0610 e. The Hall–Kier alpha value is -0.900. The SMILES string of the molecule is CN(C(CN)c1ccccc1)C(C)(C)CO. The van der Waals surface area contributed by atoms with Crippen molar-refractivity contribution < 1.29 is 5.11 Å².